The van der Waals surface area contributed by atoms with Crippen LogP contribution in [0.3, 0.4) is 0 Å². The number of rotatable bonds is 2. The van der Waals surface area contributed by atoms with E-state index >= 15 is 0 Å². The maximum absolute atomic E-state index is 12.8. The molecule has 130 valence electrons. The van der Waals surface area contributed by atoms with Crippen molar-refractivity contribution in [3.05, 3.63) is 48.0 Å². The molecule has 0 bridgehead atoms. The summed E-state index contributed by atoms with van der Waals surface area (Å²) in [5.74, 6) is 0. The first-order chi connectivity index (χ1) is 11.6. The molecule has 1 heterocycles. The summed E-state index contributed by atoms with van der Waals surface area (Å²) in [4.78, 5) is 0. The van der Waals surface area contributed by atoms with Gasteiger partial charge in [0.15, 0.2) is 0 Å². The zero-order valence-electron chi connectivity index (χ0n) is 14.8. The van der Waals surface area contributed by atoms with Crippen LogP contribution in [0.5, 0.6) is 0 Å². The number of fused-ring (bicyclic) bond motifs is 1. The maximum atomic E-state index is 12.8. The molecular formula is C19H21N3O2S. The van der Waals surface area contributed by atoms with Gasteiger partial charge in [-0.3, -0.25) is 8.61 Å². The van der Waals surface area contributed by atoms with Crippen molar-refractivity contribution in [1.29, 1.82) is 5.26 Å². The summed E-state index contributed by atoms with van der Waals surface area (Å²) in [5, 5.41) is 9.31. The summed E-state index contributed by atoms with van der Waals surface area (Å²) in [5.41, 5.74) is 3.34. The zero-order chi connectivity index (χ0) is 18.4. The summed E-state index contributed by atoms with van der Waals surface area (Å²) in [6.45, 7) is 6.44. The number of anilines is 2. The van der Waals surface area contributed by atoms with E-state index in [-0.39, 0.29) is 5.41 Å². The van der Waals surface area contributed by atoms with E-state index in [1.165, 1.54) is 8.61 Å². The highest BCUT2D eigenvalue weighted by Crippen LogP contribution is 2.43. The molecule has 0 amide bonds. The van der Waals surface area contributed by atoms with E-state index in [4.69, 9.17) is 0 Å². The smallest absolute Gasteiger partial charge is 0.254 e. The molecule has 2 aromatic carbocycles. The van der Waals surface area contributed by atoms with Crippen molar-refractivity contribution < 1.29 is 8.42 Å². The van der Waals surface area contributed by atoms with Crippen LogP contribution in [-0.4, -0.2) is 22.0 Å². The van der Waals surface area contributed by atoms with Gasteiger partial charge in [0.25, 0.3) is 0 Å². The first-order valence-electron chi connectivity index (χ1n) is 8.05. The van der Waals surface area contributed by atoms with Crippen molar-refractivity contribution in [3.8, 4) is 17.2 Å². The molecule has 0 atom stereocenters. The van der Waals surface area contributed by atoms with Crippen molar-refractivity contribution in [2.45, 2.75) is 20.8 Å². The summed E-state index contributed by atoms with van der Waals surface area (Å²) < 4.78 is 28.4. The Hall–Kier alpha value is -2.52. The average molecular weight is 355 g/mol. The van der Waals surface area contributed by atoms with Gasteiger partial charge in [-0.1, -0.05) is 45.0 Å². The van der Waals surface area contributed by atoms with E-state index in [1.54, 1.807) is 13.1 Å². The van der Waals surface area contributed by atoms with Crippen LogP contribution in [0.2, 0.25) is 0 Å². The molecule has 6 heteroatoms. The molecule has 3 rings (SSSR count). The van der Waals surface area contributed by atoms with E-state index in [0.29, 0.717) is 23.5 Å². The molecule has 0 aliphatic carbocycles. The molecular weight excluding hydrogens is 334 g/mol. The average Bonchev–Trinajstić information content (AvgIpc) is 2.74. The second kappa shape index (κ2) is 5.78. The number of benzene rings is 2. The lowest BCUT2D eigenvalue weighted by atomic mass is 9.96. The Kier molecular flexibility index (Phi) is 4.00. The third-order valence-electron chi connectivity index (χ3n) is 4.18. The number of nitrogens with zero attached hydrogens (tertiary/aromatic N) is 3. The molecule has 0 saturated carbocycles. The van der Waals surface area contributed by atoms with Crippen molar-refractivity contribution in [2.24, 2.45) is 5.41 Å². The molecule has 0 N–H and O–H groups in total. The topological polar surface area (TPSA) is 64.4 Å². The number of nitriles is 1. The van der Waals surface area contributed by atoms with Gasteiger partial charge in [0.2, 0.25) is 0 Å². The zero-order valence-corrected chi connectivity index (χ0v) is 15.6. The van der Waals surface area contributed by atoms with E-state index in [1.807, 2.05) is 57.2 Å². The van der Waals surface area contributed by atoms with E-state index < -0.39 is 10.2 Å². The highest BCUT2D eigenvalue weighted by molar-refractivity contribution is 7.94. The van der Waals surface area contributed by atoms with E-state index in [9.17, 15) is 13.7 Å². The molecule has 1 aliphatic heterocycles. The molecule has 0 radical (unpaired) electrons. The van der Waals surface area contributed by atoms with Crippen molar-refractivity contribution in [2.75, 3.05) is 22.2 Å². The van der Waals surface area contributed by atoms with Gasteiger partial charge in [-0.15, -0.1) is 0 Å². The van der Waals surface area contributed by atoms with Crippen molar-refractivity contribution >= 4 is 21.6 Å². The third kappa shape index (κ3) is 2.96. The van der Waals surface area contributed by atoms with Gasteiger partial charge in [0.1, 0.15) is 0 Å². The number of hydrogen-bond donors (Lipinski definition) is 0. The summed E-state index contributed by atoms with van der Waals surface area (Å²) >= 11 is 0. The van der Waals surface area contributed by atoms with Gasteiger partial charge in [-0.2, -0.15) is 13.7 Å². The molecule has 0 saturated heterocycles. The van der Waals surface area contributed by atoms with Crippen LogP contribution in [-0.2, 0) is 10.2 Å². The second-order valence-corrected chi connectivity index (χ2v) is 9.29. The SMILES string of the molecule is CN1c2cc(-c3ccccc3C#N)ccc2N(CC(C)(C)C)S1(=O)=O. The minimum Gasteiger partial charge on any atom is -0.254 e. The van der Waals surface area contributed by atoms with Crippen LogP contribution in [0.4, 0.5) is 11.4 Å². The summed E-state index contributed by atoms with van der Waals surface area (Å²) in [6.07, 6.45) is 0. The van der Waals surface area contributed by atoms with Crippen LogP contribution >= 0.6 is 0 Å². The first kappa shape index (κ1) is 17.3. The van der Waals surface area contributed by atoms with Gasteiger partial charge in [-0.25, -0.2) is 0 Å². The Morgan fingerprint density at radius 3 is 2.40 bits per heavy atom. The predicted molar refractivity (Wildman–Crippen MR) is 101 cm³/mol. The Morgan fingerprint density at radius 2 is 1.76 bits per heavy atom. The van der Waals surface area contributed by atoms with Crippen molar-refractivity contribution in [1.82, 2.24) is 0 Å². The Bertz CT molecular complexity index is 969. The lowest BCUT2D eigenvalue weighted by Crippen LogP contribution is -2.40. The standard InChI is InChI=1S/C19H21N3O2S/c1-19(2,3)13-22-17-10-9-14(11-18(17)21(4)25(22,23)24)16-8-6-5-7-15(16)12-20/h5-11H,13H2,1-4H3. The van der Waals surface area contributed by atoms with Crippen LogP contribution in [0.15, 0.2) is 42.5 Å². The molecule has 0 fully saturated rings. The first-order valence-corrected chi connectivity index (χ1v) is 9.45. The Balaban J connectivity index is 2.13. The van der Waals surface area contributed by atoms with Crippen LogP contribution in [0, 0.1) is 16.7 Å². The molecule has 2 aromatic rings. The van der Waals surface area contributed by atoms with Gasteiger partial charge in [0, 0.05) is 13.6 Å². The minimum absolute atomic E-state index is 0.165. The lowest BCUT2D eigenvalue weighted by molar-refractivity contribution is 0.427. The van der Waals surface area contributed by atoms with Crippen LogP contribution in [0.1, 0.15) is 26.3 Å². The van der Waals surface area contributed by atoms with Gasteiger partial charge in [0.05, 0.1) is 23.0 Å². The molecule has 25 heavy (non-hydrogen) atoms. The van der Waals surface area contributed by atoms with Crippen molar-refractivity contribution in [3.63, 3.8) is 0 Å². The molecule has 0 unspecified atom stereocenters. The molecule has 1 aliphatic rings. The van der Waals surface area contributed by atoms with Gasteiger partial charge >= 0.3 is 10.2 Å². The minimum atomic E-state index is -3.57. The van der Waals surface area contributed by atoms with Gasteiger partial charge < -0.3 is 0 Å². The fourth-order valence-corrected chi connectivity index (χ4v) is 4.62. The maximum Gasteiger partial charge on any atom is 0.326 e. The monoisotopic (exact) mass is 355 g/mol. The van der Waals surface area contributed by atoms with E-state index in [0.717, 1.165) is 11.1 Å². The highest BCUT2D eigenvalue weighted by Gasteiger charge is 2.39. The van der Waals surface area contributed by atoms with Gasteiger partial charge in [-0.05, 0) is 34.7 Å². The molecule has 5 nitrogen and oxygen atoms in total. The van der Waals surface area contributed by atoms with Crippen LogP contribution in [0.25, 0.3) is 11.1 Å². The Labute approximate surface area is 149 Å². The quantitative estimate of drug-likeness (QED) is 0.823. The van der Waals surface area contributed by atoms with Crippen LogP contribution < -0.4 is 8.61 Å². The summed E-state index contributed by atoms with van der Waals surface area (Å²) in [6, 6.07) is 15.0. The number of hydrogen-bond acceptors (Lipinski definition) is 3. The normalized spacial score (nSPS) is 15.8. The predicted octanol–water partition coefficient (Wildman–Crippen LogP) is 3.77. The lowest BCUT2D eigenvalue weighted by Gasteiger charge is -2.27. The van der Waals surface area contributed by atoms with E-state index in [2.05, 4.69) is 6.07 Å². The summed E-state index contributed by atoms with van der Waals surface area (Å²) in [7, 11) is -2.00. The fourth-order valence-electron chi connectivity index (χ4n) is 2.98. The second-order valence-electron chi connectivity index (χ2n) is 7.40. The third-order valence-corrected chi connectivity index (χ3v) is 5.96. The molecule has 0 aromatic heterocycles. The largest absolute Gasteiger partial charge is 0.326 e. The highest BCUT2D eigenvalue weighted by atomic mass is 32.2. The molecule has 0 spiro atoms. The fraction of sp³-hybridized carbons (Fsp3) is 0.316. The Morgan fingerprint density at radius 1 is 1.08 bits per heavy atom.